The van der Waals surface area contributed by atoms with Gasteiger partial charge in [0.15, 0.2) is 0 Å². The molecule has 0 aliphatic rings. The minimum absolute atomic E-state index is 0.357. The summed E-state index contributed by atoms with van der Waals surface area (Å²) in [6.07, 6.45) is 0.885. The zero-order valence-corrected chi connectivity index (χ0v) is 13.9. The lowest BCUT2D eigenvalue weighted by Gasteiger charge is -2.30. The fourth-order valence-corrected chi connectivity index (χ4v) is 3.11. The summed E-state index contributed by atoms with van der Waals surface area (Å²) in [4.78, 5) is 6.95. The van der Waals surface area contributed by atoms with Gasteiger partial charge in [-0.1, -0.05) is 51.1 Å². The van der Waals surface area contributed by atoms with Crippen LogP contribution < -0.4 is 5.32 Å². The van der Waals surface area contributed by atoms with Crippen LogP contribution in [0.5, 0.6) is 0 Å². The van der Waals surface area contributed by atoms with Gasteiger partial charge in [-0.2, -0.15) is 4.37 Å². The normalized spacial score (nSPS) is 12.6. The highest BCUT2D eigenvalue weighted by Crippen LogP contribution is 2.22. The fraction of sp³-hybridized carbons (Fsp3) is 0.500. The van der Waals surface area contributed by atoms with Crippen molar-refractivity contribution < 1.29 is 0 Å². The highest BCUT2D eigenvalue weighted by molar-refractivity contribution is 7.09. The molecule has 4 nitrogen and oxygen atoms in total. The summed E-state index contributed by atoms with van der Waals surface area (Å²) in [6.45, 7) is 9.42. The molecule has 114 valence electrons. The summed E-state index contributed by atoms with van der Waals surface area (Å²) < 4.78 is 4.32. The van der Waals surface area contributed by atoms with Gasteiger partial charge in [0.1, 0.15) is 5.82 Å². The Bertz CT molecular complexity index is 522. The molecular formula is C16H24N4S. The Kier molecular flexibility index (Phi) is 6.14. The van der Waals surface area contributed by atoms with Gasteiger partial charge in [0, 0.05) is 24.5 Å². The number of rotatable bonds is 8. The molecule has 0 spiro atoms. The van der Waals surface area contributed by atoms with Gasteiger partial charge < -0.3 is 5.32 Å². The van der Waals surface area contributed by atoms with Gasteiger partial charge in [-0.25, -0.2) is 4.98 Å². The van der Waals surface area contributed by atoms with E-state index in [1.54, 1.807) is 0 Å². The van der Waals surface area contributed by atoms with E-state index in [1.165, 1.54) is 17.1 Å². The quantitative estimate of drug-likeness (QED) is 0.809. The van der Waals surface area contributed by atoms with Crippen LogP contribution >= 0.6 is 11.5 Å². The summed E-state index contributed by atoms with van der Waals surface area (Å²) in [5.41, 5.74) is 1.34. The van der Waals surface area contributed by atoms with E-state index in [0.29, 0.717) is 6.04 Å². The molecular weight excluding hydrogens is 280 g/mol. The first kappa shape index (κ1) is 15.9. The van der Waals surface area contributed by atoms with Crippen molar-refractivity contribution >= 4 is 16.7 Å². The fourth-order valence-electron chi connectivity index (χ4n) is 2.45. The number of aryl methyl sites for hydroxylation is 1. The number of hydrogen-bond donors (Lipinski definition) is 1. The van der Waals surface area contributed by atoms with Crippen molar-refractivity contribution in [2.24, 2.45) is 0 Å². The lowest BCUT2D eigenvalue weighted by molar-refractivity contribution is 0.228. The average Bonchev–Trinajstić information content (AvgIpc) is 3.00. The van der Waals surface area contributed by atoms with Crippen LogP contribution in [0.2, 0.25) is 0 Å². The summed E-state index contributed by atoms with van der Waals surface area (Å²) in [6, 6.07) is 11.0. The first-order chi connectivity index (χ1) is 10.3. The maximum absolute atomic E-state index is 4.48. The zero-order valence-electron chi connectivity index (χ0n) is 13.0. The standard InChI is InChI=1S/C16H24N4S/c1-4-15-18-16(21-19-15)17-12-14(20(5-2)6-3)13-10-8-7-9-11-13/h7-11,14H,4-6,12H2,1-3H3,(H,17,18,19). The van der Waals surface area contributed by atoms with E-state index in [9.17, 15) is 0 Å². The Hall–Kier alpha value is -1.46. The molecule has 21 heavy (non-hydrogen) atoms. The van der Waals surface area contributed by atoms with Crippen LogP contribution in [0.25, 0.3) is 0 Å². The van der Waals surface area contributed by atoms with Crippen molar-refractivity contribution in [1.29, 1.82) is 0 Å². The van der Waals surface area contributed by atoms with Crippen molar-refractivity contribution in [2.45, 2.75) is 33.2 Å². The van der Waals surface area contributed by atoms with Gasteiger partial charge in [0.05, 0.1) is 6.04 Å². The second-order valence-corrected chi connectivity index (χ2v) is 5.65. The van der Waals surface area contributed by atoms with Gasteiger partial charge in [-0.05, 0) is 18.7 Å². The van der Waals surface area contributed by atoms with Gasteiger partial charge in [-0.3, -0.25) is 4.90 Å². The number of aromatic nitrogens is 2. The number of benzene rings is 1. The zero-order chi connectivity index (χ0) is 15.1. The number of likely N-dealkylation sites (N-methyl/N-ethyl adjacent to an activating group) is 1. The van der Waals surface area contributed by atoms with E-state index in [4.69, 9.17) is 0 Å². The van der Waals surface area contributed by atoms with E-state index in [-0.39, 0.29) is 0 Å². The van der Waals surface area contributed by atoms with Crippen molar-refractivity contribution in [1.82, 2.24) is 14.3 Å². The van der Waals surface area contributed by atoms with Crippen LogP contribution in [-0.2, 0) is 6.42 Å². The molecule has 0 fully saturated rings. The Labute approximate surface area is 131 Å². The molecule has 0 radical (unpaired) electrons. The lowest BCUT2D eigenvalue weighted by atomic mass is 10.1. The molecule has 0 bridgehead atoms. The smallest absolute Gasteiger partial charge is 0.202 e. The molecule has 5 heteroatoms. The molecule has 1 aromatic carbocycles. The molecule has 1 heterocycles. The Balaban J connectivity index is 2.08. The molecule has 1 aromatic heterocycles. The van der Waals surface area contributed by atoms with E-state index in [1.807, 2.05) is 0 Å². The predicted octanol–water partition coefficient (Wildman–Crippen LogP) is 3.60. The SMILES string of the molecule is CCc1nsc(NCC(c2ccccc2)N(CC)CC)n1. The highest BCUT2D eigenvalue weighted by atomic mass is 32.1. The highest BCUT2D eigenvalue weighted by Gasteiger charge is 2.18. The van der Waals surface area contributed by atoms with Crippen LogP contribution in [-0.4, -0.2) is 33.9 Å². The first-order valence-corrected chi connectivity index (χ1v) is 8.41. The minimum atomic E-state index is 0.357. The maximum Gasteiger partial charge on any atom is 0.202 e. The molecule has 1 N–H and O–H groups in total. The van der Waals surface area contributed by atoms with Gasteiger partial charge in [0.2, 0.25) is 5.13 Å². The third kappa shape index (κ3) is 4.25. The van der Waals surface area contributed by atoms with Crippen molar-refractivity contribution in [3.05, 3.63) is 41.7 Å². The van der Waals surface area contributed by atoms with Gasteiger partial charge >= 0.3 is 0 Å². The monoisotopic (exact) mass is 304 g/mol. The van der Waals surface area contributed by atoms with Crippen LogP contribution in [0.3, 0.4) is 0 Å². The second kappa shape index (κ2) is 8.10. The van der Waals surface area contributed by atoms with E-state index in [0.717, 1.165) is 37.0 Å². The Morgan fingerprint density at radius 3 is 2.43 bits per heavy atom. The van der Waals surface area contributed by atoms with Gasteiger partial charge in [0.25, 0.3) is 0 Å². The van der Waals surface area contributed by atoms with Crippen LogP contribution in [0.1, 0.15) is 38.2 Å². The molecule has 0 saturated carbocycles. The summed E-state index contributed by atoms with van der Waals surface area (Å²) in [5, 5.41) is 4.37. The largest absolute Gasteiger partial charge is 0.358 e. The summed E-state index contributed by atoms with van der Waals surface area (Å²) in [5.74, 6) is 0.918. The summed E-state index contributed by atoms with van der Waals surface area (Å²) in [7, 11) is 0. The predicted molar refractivity (Wildman–Crippen MR) is 89.9 cm³/mol. The third-order valence-electron chi connectivity index (χ3n) is 3.67. The van der Waals surface area contributed by atoms with Crippen molar-refractivity contribution in [3.8, 4) is 0 Å². The Morgan fingerprint density at radius 1 is 1.14 bits per heavy atom. The Morgan fingerprint density at radius 2 is 1.86 bits per heavy atom. The number of anilines is 1. The molecule has 0 aliphatic carbocycles. The van der Waals surface area contributed by atoms with Crippen molar-refractivity contribution in [3.63, 3.8) is 0 Å². The molecule has 1 unspecified atom stereocenters. The van der Waals surface area contributed by atoms with Crippen LogP contribution in [0.4, 0.5) is 5.13 Å². The first-order valence-electron chi connectivity index (χ1n) is 7.63. The number of nitrogens with zero attached hydrogens (tertiary/aromatic N) is 3. The molecule has 0 aliphatic heterocycles. The second-order valence-electron chi connectivity index (χ2n) is 4.90. The lowest BCUT2D eigenvalue weighted by Crippen LogP contribution is -2.33. The van der Waals surface area contributed by atoms with E-state index < -0.39 is 0 Å². The molecule has 0 amide bonds. The van der Waals surface area contributed by atoms with Crippen LogP contribution in [0, 0.1) is 0 Å². The summed E-state index contributed by atoms with van der Waals surface area (Å²) >= 11 is 1.45. The van der Waals surface area contributed by atoms with E-state index in [2.05, 4.69) is 70.7 Å². The minimum Gasteiger partial charge on any atom is -0.358 e. The third-order valence-corrected chi connectivity index (χ3v) is 4.38. The maximum atomic E-state index is 4.48. The number of hydrogen-bond acceptors (Lipinski definition) is 5. The molecule has 0 saturated heterocycles. The topological polar surface area (TPSA) is 41.1 Å². The van der Waals surface area contributed by atoms with Crippen molar-refractivity contribution in [2.75, 3.05) is 25.0 Å². The van der Waals surface area contributed by atoms with Gasteiger partial charge in [-0.15, -0.1) is 0 Å². The van der Waals surface area contributed by atoms with E-state index >= 15 is 0 Å². The molecule has 1 atom stereocenters. The number of nitrogens with one attached hydrogen (secondary N) is 1. The average molecular weight is 304 g/mol. The molecule has 2 rings (SSSR count). The van der Waals surface area contributed by atoms with Crippen LogP contribution in [0.15, 0.2) is 30.3 Å². The molecule has 2 aromatic rings.